The minimum Gasteiger partial charge on any atom is -0.326 e. The Hall–Kier alpha value is -0.900. The molecule has 0 unspecified atom stereocenters. The minimum absolute atomic E-state index is 0.449. The van der Waals surface area contributed by atoms with Crippen LogP contribution in [0.4, 0.5) is 0 Å². The van der Waals surface area contributed by atoms with Gasteiger partial charge in [0.2, 0.25) is 0 Å². The summed E-state index contributed by atoms with van der Waals surface area (Å²) in [6, 6.07) is 7.84. The zero-order valence-corrected chi connectivity index (χ0v) is 6.29. The molecule has 4 N–H and O–H groups in total. The van der Waals surface area contributed by atoms with E-state index in [1.165, 1.54) is 0 Å². The molecule has 0 aliphatic heterocycles. The minimum atomic E-state index is 0.449. The highest BCUT2D eigenvalue weighted by molar-refractivity contribution is 5.21. The lowest BCUT2D eigenvalue weighted by molar-refractivity contribution is 0.124. The van der Waals surface area contributed by atoms with Crippen LogP contribution in [0.2, 0.25) is 0 Å². The second kappa shape index (κ2) is 4.08. The fourth-order valence-corrected chi connectivity index (χ4v) is 0.868. The van der Waals surface area contributed by atoms with Crippen molar-refractivity contribution in [1.29, 1.82) is 0 Å². The van der Waals surface area contributed by atoms with Crippen molar-refractivity contribution in [2.75, 3.05) is 0 Å². The Labute approximate surface area is 65.9 Å². The van der Waals surface area contributed by atoms with E-state index in [2.05, 4.69) is 4.84 Å². The number of hydrogen-bond acceptors (Lipinski definition) is 3. The third-order valence-corrected chi connectivity index (χ3v) is 1.51. The van der Waals surface area contributed by atoms with Crippen molar-refractivity contribution in [3.63, 3.8) is 0 Å². The molecule has 1 rings (SSSR count). The van der Waals surface area contributed by atoms with E-state index in [9.17, 15) is 0 Å². The SMILES string of the molecule is NCc1ccc(CON)cc1. The van der Waals surface area contributed by atoms with Crippen LogP contribution in [0.15, 0.2) is 24.3 Å². The average molecular weight is 152 g/mol. The molecule has 11 heavy (non-hydrogen) atoms. The van der Waals surface area contributed by atoms with E-state index in [0.29, 0.717) is 13.2 Å². The van der Waals surface area contributed by atoms with Gasteiger partial charge in [0.15, 0.2) is 0 Å². The van der Waals surface area contributed by atoms with Crippen molar-refractivity contribution in [1.82, 2.24) is 0 Å². The maximum atomic E-state index is 5.42. The standard InChI is InChI=1S/C8H12N2O/c9-5-7-1-3-8(4-2-7)6-11-10/h1-4H,5-6,9-10H2. The zero-order valence-electron chi connectivity index (χ0n) is 6.29. The van der Waals surface area contributed by atoms with Crippen LogP contribution in [0.5, 0.6) is 0 Å². The second-order valence-electron chi connectivity index (χ2n) is 2.33. The molecule has 0 aliphatic carbocycles. The first-order valence-corrected chi connectivity index (χ1v) is 3.46. The van der Waals surface area contributed by atoms with Crippen LogP contribution in [0.25, 0.3) is 0 Å². The van der Waals surface area contributed by atoms with Crippen molar-refractivity contribution >= 4 is 0 Å². The molecule has 3 heteroatoms. The first-order chi connectivity index (χ1) is 5.36. The van der Waals surface area contributed by atoms with E-state index in [0.717, 1.165) is 11.1 Å². The van der Waals surface area contributed by atoms with Crippen molar-refractivity contribution in [2.45, 2.75) is 13.2 Å². The summed E-state index contributed by atoms with van der Waals surface area (Å²) in [5, 5.41) is 0. The van der Waals surface area contributed by atoms with Crippen molar-refractivity contribution in [3.8, 4) is 0 Å². The molecule has 1 aromatic rings. The summed E-state index contributed by atoms with van der Waals surface area (Å²) in [5.74, 6) is 4.91. The summed E-state index contributed by atoms with van der Waals surface area (Å²) < 4.78 is 0. The van der Waals surface area contributed by atoms with Crippen LogP contribution >= 0.6 is 0 Å². The van der Waals surface area contributed by atoms with Crippen LogP contribution < -0.4 is 11.6 Å². The third kappa shape index (κ3) is 2.31. The fourth-order valence-electron chi connectivity index (χ4n) is 0.868. The monoisotopic (exact) mass is 152 g/mol. The van der Waals surface area contributed by atoms with Gasteiger partial charge in [-0.15, -0.1) is 0 Å². The largest absolute Gasteiger partial charge is 0.326 e. The van der Waals surface area contributed by atoms with Crippen LogP contribution in [-0.2, 0) is 18.0 Å². The topological polar surface area (TPSA) is 61.3 Å². The van der Waals surface area contributed by atoms with E-state index in [1.807, 2.05) is 24.3 Å². The van der Waals surface area contributed by atoms with Gasteiger partial charge >= 0.3 is 0 Å². The van der Waals surface area contributed by atoms with Crippen molar-refractivity contribution < 1.29 is 4.84 Å². The summed E-state index contributed by atoms with van der Waals surface area (Å²) in [6.45, 7) is 1.02. The van der Waals surface area contributed by atoms with Gasteiger partial charge in [-0.3, -0.25) is 4.84 Å². The fraction of sp³-hybridized carbons (Fsp3) is 0.250. The van der Waals surface area contributed by atoms with Crippen LogP contribution in [0.3, 0.4) is 0 Å². The van der Waals surface area contributed by atoms with Crippen LogP contribution in [0.1, 0.15) is 11.1 Å². The number of nitrogens with two attached hydrogens (primary N) is 2. The molecule has 0 fully saturated rings. The first kappa shape index (κ1) is 8.20. The molecule has 1 aromatic carbocycles. The Kier molecular flexibility index (Phi) is 3.04. The molecule has 0 aliphatic rings. The molecule has 0 heterocycles. The lowest BCUT2D eigenvalue weighted by Gasteiger charge is -1.99. The molecule has 0 saturated heterocycles. The lowest BCUT2D eigenvalue weighted by atomic mass is 10.1. The Bertz CT molecular complexity index is 208. The van der Waals surface area contributed by atoms with Crippen molar-refractivity contribution in [2.24, 2.45) is 11.6 Å². The van der Waals surface area contributed by atoms with Crippen LogP contribution in [-0.4, -0.2) is 0 Å². The summed E-state index contributed by atoms with van der Waals surface area (Å²) in [5.41, 5.74) is 7.59. The summed E-state index contributed by atoms with van der Waals surface area (Å²) >= 11 is 0. The Balaban J connectivity index is 2.66. The van der Waals surface area contributed by atoms with Gasteiger partial charge in [0.1, 0.15) is 0 Å². The molecular weight excluding hydrogens is 140 g/mol. The number of rotatable bonds is 3. The number of benzene rings is 1. The third-order valence-electron chi connectivity index (χ3n) is 1.51. The Morgan fingerprint density at radius 1 is 1.09 bits per heavy atom. The van der Waals surface area contributed by atoms with E-state index in [-0.39, 0.29) is 0 Å². The van der Waals surface area contributed by atoms with Gasteiger partial charge in [0.25, 0.3) is 0 Å². The summed E-state index contributed by atoms with van der Waals surface area (Å²) in [7, 11) is 0. The Morgan fingerprint density at radius 3 is 2.09 bits per heavy atom. The van der Waals surface area contributed by atoms with Gasteiger partial charge < -0.3 is 5.73 Å². The van der Waals surface area contributed by atoms with Gasteiger partial charge in [0, 0.05) is 6.54 Å². The predicted octanol–water partition coefficient (Wildman–Crippen LogP) is 0.536. The summed E-state index contributed by atoms with van der Waals surface area (Å²) in [4.78, 5) is 4.47. The number of hydrogen-bond donors (Lipinski definition) is 2. The van der Waals surface area contributed by atoms with E-state index < -0.39 is 0 Å². The molecule has 60 valence electrons. The highest BCUT2D eigenvalue weighted by Gasteiger charge is 1.91. The van der Waals surface area contributed by atoms with Gasteiger partial charge in [-0.1, -0.05) is 24.3 Å². The Morgan fingerprint density at radius 2 is 1.64 bits per heavy atom. The van der Waals surface area contributed by atoms with Gasteiger partial charge in [-0.2, -0.15) is 0 Å². The smallest absolute Gasteiger partial charge is 0.0930 e. The highest BCUT2D eigenvalue weighted by Crippen LogP contribution is 2.03. The lowest BCUT2D eigenvalue weighted by Crippen LogP contribution is -2.00. The molecule has 0 bridgehead atoms. The average Bonchev–Trinajstić information content (AvgIpc) is 2.07. The molecule has 0 atom stereocenters. The molecule has 0 spiro atoms. The van der Waals surface area contributed by atoms with Gasteiger partial charge in [0.05, 0.1) is 6.61 Å². The van der Waals surface area contributed by atoms with Crippen LogP contribution in [0, 0.1) is 0 Å². The molecule has 0 radical (unpaired) electrons. The molecule has 0 saturated carbocycles. The molecule has 0 aromatic heterocycles. The highest BCUT2D eigenvalue weighted by atomic mass is 16.6. The van der Waals surface area contributed by atoms with Gasteiger partial charge in [-0.05, 0) is 11.1 Å². The van der Waals surface area contributed by atoms with E-state index in [1.54, 1.807) is 0 Å². The van der Waals surface area contributed by atoms with E-state index in [4.69, 9.17) is 11.6 Å². The zero-order chi connectivity index (χ0) is 8.10. The summed E-state index contributed by atoms with van der Waals surface area (Å²) in [6.07, 6.45) is 0. The predicted molar refractivity (Wildman–Crippen MR) is 43.3 cm³/mol. The maximum Gasteiger partial charge on any atom is 0.0930 e. The first-order valence-electron chi connectivity index (χ1n) is 3.46. The molecule has 3 nitrogen and oxygen atoms in total. The molecule has 0 amide bonds. The van der Waals surface area contributed by atoms with Gasteiger partial charge in [-0.25, -0.2) is 5.90 Å². The van der Waals surface area contributed by atoms with Crippen molar-refractivity contribution in [3.05, 3.63) is 35.4 Å². The quantitative estimate of drug-likeness (QED) is 0.621. The maximum absolute atomic E-state index is 5.42. The van der Waals surface area contributed by atoms with E-state index >= 15 is 0 Å². The second-order valence-corrected chi connectivity index (χ2v) is 2.33. The normalized spacial score (nSPS) is 10.0. The molecular formula is C8H12N2O.